The van der Waals surface area contributed by atoms with Gasteiger partial charge in [-0.15, -0.1) is 0 Å². The molecule has 0 amide bonds. The summed E-state index contributed by atoms with van der Waals surface area (Å²) in [5.41, 5.74) is 1.21. The summed E-state index contributed by atoms with van der Waals surface area (Å²) in [5.74, 6) is 1.32. The number of phenolic OH excluding ortho intramolecular Hbond substituents is 1. The van der Waals surface area contributed by atoms with Crippen molar-refractivity contribution in [2.75, 3.05) is 7.11 Å². The highest BCUT2D eigenvalue weighted by Crippen LogP contribution is 2.34. The van der Waals surface area contributed by atoms with Crippen LogP contribution < -0.4 is 9.47 Å². The van der Waals surface area contributed by atoms with E-state index in [1.165, 1.54) is 0 Å². The number of aromatic hydroxyl groups is 1. The first-order chi connectivity index (χ1) is 9.67. The molecule has 4 nitrogen and oxygen atoms in total. The Labute approximate surface area is 115 Å². The Hall–Kier alpha value is -2.75. The number of allylic oxidation sites excluding steroid dienone is 1. The number of methoxy groups -OCH3 is 1. The number of carbonyl (C=O) groups excluding carboxylic acids is 1. The van der Waals surface area contributed by atoms with Gasteiger partial charge in [0, 0.05) is 6.07 Å². The lowest BCUT2D eigenvalue weighted by molar-refractivity contribution is 0.101. The van der Waals surface area contributed by atoms with Crippen LogP contribution in [0.5, 0.6) is 17.2 Å². The minimum Gasteiger partial charge on any atom is -0.508 e. The summed E-state index contributed by atoms with van der Waals surface area (Å²) in [6, 6.07) is 11.7. The van der Waals surface area contributed by atoms with Gasteiger partial charge in [-0.05, 0) is 35.9 Å². The fraction of sp³-hybridized carbons (Fsp3) is 0.0625. The highest BCUT2D eigenvalue weighted by molar-refractivity contribution is 6.14. The van der Waals surface area contributed by atoms with Gasteiger partial charge in [-0.2, -0.15) is 0 Å². The van der Waals surface area contributed by atoms with Crippen LogP contribution in [0.3, 0.4) is 0 Å². The number of ether oxygens (including phenoxy) is 2. The number of fused-ring (bicyclic) bond motifs is 1. The summed E-state index contributed by atoms with van der Waals surface area (Å²) in [4.78, 5) is 12.2. The number of ketones is 1. The van der Waals surface area contributed by atoms with Crippen molar-refractivity contribution < 1.29 is 19.4 Å². The number of hydrogen-bond donors (Lipinski definition) is 1. The number of hydrogen-bond acceptors (Lipinski definition) is 4. The Bertz CT molecular complexity index is 716. The first-order valence-electron chi connectivity index (χ1n) is 6.09. The summed E-state index contributed by atoms with van der Waals surface area (Å²) in [6.45, 7) is 0. The molecule has 0 radical (unpaired) electrons. The molecule has 1 N–H and O–H groups in total. The lowest BCUT2D eigenvalue weighted by Crippen LogP contribution is -1.97. The zero-order chi connectivity index (χ0) is 14.1. The standard InChI is InChI=1S/C16H12O4/c1-19-12-5-6-13-14(9-12)20-15(16(13)18)8-10-3-2-4-11(17)7-10/h2-9,17H,1H3/b15-8+. The van der Waals surface area contributed by atoms with Gasteiger partial charge in [0.05, 0.1) is 12.7 Å². The quantitative estimate of drug-likeness (QED) is 0.851. The van der Waals surface area contributed by atoms with Crippen molar-refractivity contribution in [3.63, 3.8) is 0 Å². The molecule has 1 heterocycles. The second-order valence-corrected chi connectivity index (χ2v) is 4.40. The van der Waals surface area contributed by atoms with Gasteiger partial charge in [0.1, 0.15) is 17.2 Å². The van der Waals surface area contributed by atoms with Gasteiger partial charge in [0.25, 0.3) is 0 Å². The number of benzene rings is 2. The second kappa shape index (κ2) is 4.74. The molecule has 100 valence electrons. The Morgan fingerprint density at radius 2 is 2.05 bits per heavy atom. The van der Waals surface area contributed by atoms with E-state index in [9.17, 15) is 9.90 Å². The molecule has 0 spiro atoms. The maximum absolute atomic E-state index is 12.2. The van der Waals surface area contributed by atoms with Crippen LogP contribution in [-0.4, -0.2) is 18.0 Å². The van der Waals surface area contributed by atoms with E-state index >= 15 is 0 Å². The molecule has 0 aromatic heterocycles. The first kappa shape index (κ1) is 12.3. The van der Waals surface area contributed by atoms with Gasteiger partial charge in [-0.3, -0.25) is 4.79 Å². The molecular formula is C16H12O4. The smallest absolute Gasteiger partial charge is 0.231 e. The maximum Gasteiger partial charge on any atom is 0.231 e. The Kier molecular flexibility index (Phi) is 2.91. The van der Waals surface area contributed by atoms with Crippen LogP contribution >= 0.6 is 0 Å². The van der Waals surface area contributed by atoms with Crippen LogP contribution in [0.2, 0.25) is 0 Å². The van der Waals surface area contributed by atoms with Crippen molar-refractivity contribution >= 4 is 11.9 Å². The molecule has 0 aliphatic carbocycles. The third-order valence-corrected chi connectivity index (χ3v) is 3.05. The van der Waals surface area contributed by atoms with Crippen molar-refractivity contribution in [2.45, 2.75) is 0 Å². The third kappa shape index (κ3) is 2.12. The van der Waals surface area contributed by atoms with Gasteiger partial charge < -0.3 is 14.6 Å². The monoisotopic (exact) mass is 268 g/mol. The molecule has 0 fully saturated rings. The molecule has 0 saturated carbocycles. The molecule has 20 heavy (non-hydrogen) atoms. The maximum atomic E-state index is 12.2. The van der Waals surface area contributed by atoms with E-state index in [0.29, 0.717) is 22.6 Å². The second-order valence-electron chi connectivity index (χ2n) is 4.40. The van der Waals surface area contributed by atoms with Crippen molar-refractivity contribution in [1.82, 2.24) is 0 Å². The van der Waals surface area contributed by atoms with Crippen molar-refractivity contribution in [3.8, 4) is 17.2 Å². The molecule has 0 bridgehead atoms. The van der Waals surface area contributed by atoms with E-state index < -0.39 is 0 Å². The summed E-state index contributed by atoms with van der Waals surface area (Å²) in [5, 5.41) is 9.42. The van der Waals surface area contributed by atoms with Crippen LogP contribution in [0.25, 0.3) is 6.08 Å². The predicted octanol–water partition coefficient (Wildman–Crippen LogP) is 3.02. The predicted molar refractivity (Wildman–Crippen MR) is 74.0 cm³/mol. The Morgan fingerprint density at radius 1 is 1.20 bits per heavy atom. The SMILES string of the molecule is COc1ccc2c(c1)O/C(=C/c1cccc(O)c1)C2=O. The molecule has 0 unspecified atom stereocenters. The molecule has 1 aliphatic heterocycles. The van der Waals surface area contributed by atoms with Crippen molar-refractivity contribution in [1.29, 1.82) is 0 Å². The summed E-state index contributed by atoms with van der Waals surface area (Å²) >= 11 is 0. The highest BCUT2D eigenvalue weighted by Gasteiger charge is 2.27. The van der Waals surface area contributed by atoms with Gasteiger partial charge in [0.2, 0.25) is 5.78 Å². The van der Waals surface area contributed by atoms with Crippen LogP contribution in [0.4, 0.5) is 0 Å². The van der Waals surface area contributed by atoms with Crippen molar-refractivity contribution in [3.05, 3.63) is 59.4 Å². The van der Waals surface area contributed by atoms with Crippen molar-refractivity contribution in [2.24, 2.45) is 0 Å². The number of carbonyl (C=O) groups is 1. The van der Waals surface area contributed by atoms with Gasteiger partial charge in [-0.1, -0.05) is 12.1 Å². The fourth-order valence-electron chi connectivity index (χ4n) is 2.06. The lowest BCUT2D eigenvalue weighted by atomic mass is 10.1. The van der Waals surface area contributed by atoms with Crippen LogP contribution in [-0.2, 0) is 0 Å². The van der Waals surface area contributed by atoms with E-state index in [4.69, 9.17) is 9.47 Å². The average Bonchev–Trinajstić information content (AvgIpc) is 2.75. The van der Waals surface area contributed by atoms with Crippen LogP contribution in [0, 0.1) is 0 Å². The lowest BCUT2D eigenvalue weighted by Gasteiger charge is -2.01. The van der Waals surface area contributed by atoms with Gasteiger partial charge in [0.15, 0.2) is 5.76 Å². The molecule has 0 saturated heterocycles. The molecule has 0 atom stereocenters. The summed E-state index contributed by atoms with van der Waals surface area (Å²) in [6.07, 6.45) is 1.61. The topological polar surface area (TPSA) is 55.8 Å². The van der Waals surface area contributed by atoms with E-state index in [0.717, 1.165) is 0 Å². The largest absolute Gasteiger partial charge is 0.508 e. The van der Waals surface area contributed by atoms with Crippen LogP contribution in [0.15, 0.2) is 48.2 Å². The Balaban J connectivity index is 1.97. The molecule has 2 aromatic carbocycles. The van der Waals surface area contributed by atoms with Gasteiger partial charge in [-0.25, -0.2) is 0 Å². The molecular weight excluding hydrogens is 256 g/mol. The van der Waals surface area contributed by atoms with E-state index in [1.807, 2.05) is 0 Å². The minimum atomic E-state index is -0.175. The first-order valence-corrected chi connectivity index (χ1v) is 6.09. The van der Waals surface area contributed by atoms with Gasteiger partial charge >= 0.3 is 0 Å². The third-order valence-electron chi connectivity index (χ3n) is 3.05. The fourth-order valence-corrected chi connectivity index (χ4v) is 2.06. The number of phenols is 1. The number of Topliss-reactive ketones (excluding diaryl/α,β-unsaturated/α-hetero) is 1. The van der Waals surface area contributed by atoms with E-state index in [-0.39, 0.29) is 17.3 Å². The summed E-state index contributed by atoms with van der Waals surface area (Å²) < 4.78 is 10.7. The normalized spacial score (nSPS) is 15.1. The molecule has 3 rings (SSSR count). The zero-order valence-electron chi connectivity index (χ0n) is 10.8. The molecule has 4 heteroatoms. The minimum absolute atomic E-state index is 0.143. The van der Waals surface area contributed by atoms with Crippen LogP contribution in [0.1, 0.15) is 15.9 Å². The zero-order valence-corrected chi connectivity index (χ0v) is 10.8. The van der Waals surface area contributed by atoms with E-state index in [2.05, 4.69) is 0 Å². The summed E-state index contributed by atoms with van der Waals surface area (Å²) in [7, 11) is 1.56. The Morgan fingerprint density at radius 3 is 2.80 bits per heavy atom. The average molecular weight is 268 g/mol. The highest BCUT2D eigenvalue weighted by atomic mass is 16.5. The molecule has 2 aromatic rings. The van der Waals surface area contributed by atoms with E-state index in [1.54, 1.807) is 55.7 Å². The number of rotatable bonds is 2. The molecule has 1 aliphatic rings.